The van der Waals surface area contributed by atoms with Crippen LogP contribution in [0, 0.1) is 0 Å². The molecule has 84 valence electrons. The first kappa shape index (κ1) is 12.7. The SMILES string of the molecule is Clc1ccccc1C(Cl)c1cc(Br)c(Cl)s1. The summed E-state index contributed by atoms with van der Waals surface area (Å²) in [5.41, 5.74) is 0.899. The fraction of sp³-hybridized carbons (Fsp3) is 0.0909. The molecule has 0 nitrogen and oxygen atoms in total. The molecule has 1 aromatic heterocycles. The van der Waals surface area contributed by atoms with Crippen molar-refractivity contribution in [3.05, 3.63) is 54.6 Å². The summed E-state index contributed by atoms with van der Waals surface area (Å²) >= 11 is 23.3. The van der Waals surface area contributed by atoms with E-state index in [-0.39, 0.29) is 5.38 Å². The first-order valence-corrected chi connectivity index (χ1v) is 7.23. The van der Waals surface area contributed by atoms with Crippen molar-refractivity contribution in [2.45, 2.75) is 5.38 Å². The van der Waals surface area contributed by atoms with Gasteiger partial charge in [-0.1, -0.05) is 41.4 Å². The molecule has 2 rings (SSSR count). The number of hydrogen-bond donors (Lipinski definition) is 0. The van der Waals surface area contributed by atoms with Crippen molar-refractivity contribution in [3.63, 3.8) is 0 Å². The normalized spacial score (nSPS) is 12.8. The van der Waals surface area contributed by atoms with E-state index in [1.165, 1.54) is 11.3 Å². The molecule has 16 heavy (non-hydrogen) atoms. The van der Waals surface area contributed by atoms with Crippen LogP contribution in [0.2, 0.25) is 9.36 Å². The van der Waals surface area contributed by atoms with Gasteiger partial charge in [-0.15, -0.1) is 22.9 Å². The molecule has 0 bridgehead atoms. The molecular formula is C11H6BrCl3S. The Kier molecular flexibility index (Phi) is 4.20. The van der Waals surface area contributed by atoms with E-state index in [0.717, 1.165) is 14.9 Å². The molecule has 5 heteroatoms. The van der Waals surface area contributed by atoms with Gasteiger partial charge in [-0.2, -0.15) is 0 Å². The number of thiophene rings is 1. The zero-order chi connectivity index (χ0) is 11.7. The number of alkyl halides is 1. The number of halogens is 4. The van der Waals surface area contributed by atoms with Crippen LogP contribution in [0.3, 0.4) is 0 Å². The molecule has 0 saturated heterocycles. The van der Waals surface area contributed by atoms with Crippen LogP contribution in [0.1, 0.15) is 15.8 Å². The van der Waals surface area contributed by atoms with E-state index in [1.54, 1.807) is 0 Å². The standard InChI is InChI=1S/C11H6BrCl3S/c12-7-5-9(16-11(7)15)10(14)6-3-1-2-4-8(6)13/h1-5,10H. The number of rotatable bonds is 2. The van der Waals surface area contributed by atoms with Crippen molar-refractivity contribution in [1.82, 2.24) is 0 Å². The average molecular weight is 356 g/mol. The summed E-state index contributed by atoms with van der Waals surface area (Å²) in [7, 11) is 0. The molecule has 0 radical (unpaired) electrons. The van der Waals surface area contributed by atoms with Gasteiger partial charge in [0.25, 0.3) is 0 Å². The Morgan fingerprint density at radius 1 is 1.19 bits per heavy atom. The quantitative estimate of drug-likeness (QED) is 0.567. The predicted octanol–water partition coefficient (Wildman–Crippen LogP) is 6.15. The molecule has 0 N–H and O–H groups in total. The Labute approximate surface area is 121 Å². The van der Waals surface area contributed by atoms with Gasteiger partial charge in [0.2, 0.25) is 0 Å². The zero-order valence-electron chi connectivity index (χ0n) is 7.88. The van der Waals surface area contributed by atoms with Gasteiger partial charge in [0, 0.05) is 14.4 Å². The summed E-state index contributed by atoms with van der Waals surface area (Å²) in [5.74, 6) is 0. The van der Waals surface area contributed by atoms with Gasteiger partial charge in [0.15, 0.2) is 0 Å². The van der Waals surface area contributed by atoms with Crippen molar-refractivity contribution in [3.8, 4) is 0 Å². The largest absolute Gasteiger partial charge is 0.125 e. The summed E-state index contributed by atoms with van der Waals surface area (Å²) in [4.78, 5) is 0.978. The first-order chi connectivity index (χ1) is 7.59. The van der Waals surface area contributed by atoms with Crippen molar-refractivity contribution in [1.29, 1.82) is 0 Å². The molecule has 2 aromatic rings. The van der Waals surface area contributed by atoms with E-state index in [0.29, 0.717) is 9.36 Å². The Morgan fingerprint density at radius 2 is 1.88 bits per heavy atom. The summed E-state index contributed by atoms with van der Waals surface area (Å²) in [6.07, 6.45) is 0. The molecule has 0 aliphatic rings. The van der Waals surface area contributed by atoms with Crippen LogP contribution in [0.4, 0.5) is 0 Å². The van der Waals surface area contributed by atoms with Crippen molar-refractivity contribution < 1.29 is 0 Å². The maximum absolute atomic E-state index is 6.37. The van der Waals surface area contributed by atoms with Crippen LogP contribution in [0.5, 0.6) is 0 Å². The van der Waals surface area contributed by atoms with Crippen LogP contribution in [0.15, 0.2) is 34.8 Å². The molecule has 0 aliphatic heterocycles. The van der Waals surface area contributed by atoms with Crippen LogP contribution in [-0.4, -0.2) is 0 Å². The third-order valence-electron chi connectivity index (χ3n) is 2.09. The first-order valence-electron chi connectivity index (χ1n) is 4.43. The Hall–Kier alpha value is 0.270. The molecule has 0 spiro atoms. The molecule has 1 aromatic carbocycles. The second-order valence-corrected chi connectivity index (χ2v) is 6.54. The fourth-order valence-electron chi connectivity index (χ4n) is 1.32. The monoisotopic (exact) mass is 354 g/mol. The Balaban J connectivity index is 2.39. The average Bonchev–Trinajstić information content (AvgIpc) is 2.59. The van der Waals surface area contributed by atoms with Gasteiger partial charge in [-0.25, -0.2) is 0 Å². The van der Waals surface area contributed by atoms with Gasteiger partial charge in [-0.3, -0.25) is 0 Å². The van der Waals surface area contributed by atoms with Gasteiger partial charge in [0.1, 0.15) is 4.34 Å². The number of benzene rings is 1. The molecule has 1 atom stereocenters. The summed E-state index contributed by atoms with van der Waals surface area (Å²) in [6.45, 7) is 0. The fourth-order valence-corrected chi connectivity index (χ4v) is 3.74. The highest BCUT2D eigenvalue weighted by molar-refractivity contribution is 9.10. The summed E-state index contributed by atoms with van der Waals surface area (Å²) in [6, 6.07) is 9.47. The van der Waals surface area contributed by atoms with E-state index in [2.05, 4.69) is 15.9 Å². The zero-order valence-corrected chi connectivity index (χ0v) is 12.6. The molecule has 0 aliphatic carbocycles. The highest BCUT2D eigenvalue weighted by Crippen LogP contribution is 2.41. The van der Waals surface area contributed by atoms with Crippen molar-refractivity contribution in [2.24, 2.45) is 0 Å². The van der Waals surface area contributed by atoms with E-state index in [9.17, 15) is 0 Å². The molecule has 0 amide bonds. The topological polar surface area (TPSA) is 0 Å². The van der Waals surface area contributed by atoms with Gasteiger partial charge in [-0.05, 0) is 33.6 Å². The molecular weight excluding hydrogens is 350 g/mol. The maximum Gasteiger partial charge on any atom is 0.107 e. The smallest absolute Gasteiger partial charge is 0.107 e. The molecule has 1 heterocycles. The lowest BCUT2D eigenvalue weighted by molar-refractivity contribution is 1.18. The van der Waals surface area contributed by atoms with Gasteiger partial charge < -0.3 is 0 Å². The van der Waals surface area contributed by atoms with E-state index >= 15 is 0 Å². The highest BCUT2D eigenvalue weighted by atomic mass is 79.9. The maximum atomic E-state index is 6.37. The minimum absolute atomic E-state index is 0.262. The second-order valence-electron chi connectivity index (χ2n) is 3.15. The van der Waals surface area contributed by atoms with Crippen molar-refractivity contribution >= 4 is 62.1 Å². The summed E-state index contributed by atoms with van der Waals surface area (Å²) in [5, 5.41) is 0.408. The van der Waals surface area contributed by atoms with Gasteiger partial charge >= 0.3 is 0 Å². The van der Waals surface area contributed by atoms with E-state index < -0.39 is 0 Å². The predicted molar refractivity (Wildman–Crippen MR) is 76.2 cm³/mol. The van der Waals surface area contributed by atoms with Crippen LogP contribution in [-0.2, 0) is 0 Å². The Bertz CT molecular complexity index is 490. The second kappa shape index (κ2) is 5.28. The third-order valence-corrected chi connectivity index (χ3v) is 5.58. The minimum atomic E-state index is -0.262. The minimum Gasteiger partial charge on any atom is -0.125 e. The van der Waals surface area contributed by atoms with Crippen LogP contribution >= 0.6 is 62.1 Å². The van der Waals surface area contributed by atoms with E-state index in [1.807, 2.05) is 30.3 Å². The molecule has 1 unspecified atom stereocenters. The lowest BCUT2D eigenvalue weighted by atomic mass is 10.1. The van der Waals surface area contributed by atoms with Crippen LogP contribution in [0.25, 0.3) is 0 Å². The van der Waals surface area contributed by atoms with Gasteiger partial charge in [0.05, 0.1) is 5.38 Å². The highest BCUT2D eigenvalue weighted by Gasteiger charge is 2.17. The van der Waals surface area contributed by atoms with Crippen LogP contribution < -0.4 is 0 Å². The molecule has 0 saturated carbocycles. The number of hydrogen-bond acceptors (Lipinski definition) is 1. The van der Waals surface area contributed by atoms with Crippen molar-refractivity contribution in [2.75, 3.05) is 0 Å². The Morgan fingerprint density at radius 3 is 2.44 bits per heavy atom. The third kappa shape index (κ3) is 2.57. The lowest BCUT2D eigenvalue weighted by Gasteiger charge is -2.09. The summed E-state index contributed by atoms with van der Waals surface area (Å²) < 4.78 is 1.57. The van der Waals surface area contributed by atoms with E-state index in [4.69, 9.17) is 34.8 Å². The lowest BCUT2D eigenvalue weighted by Crippen LogP contribution is -1.90. The molecule has 0 fully saturated rings.